The molecule has 0 radical (unpaired) electrons. The number of piperidine rings is 1. The molecule has 2 atom stereocenters. The van der Waals surface area contributed by atoms with E-state index in [0.29, 0.717) is 19.3 Å². The normalized spacial score (nSPS) is 31.6. The number of rotatable bonds is 1. The van der Waals surface area contributed by atoms with E-state index in [1.165, 1.54) is 0 Å². The largest absolute Gasteiger partial charge is 0.444 e. The summed E-state index contributed by atoms with van der Waals surface area (Å²) in [6.07, 6.45) is 4.21. The van der Waals surface area contributed by atoms with Crippen LogP contribution in [0.4, 0.5) is 4.79 Å². The summed E-state index contributed by atoms with van der Waals surface area (Å²) in [7, 11) is 0. The van der Waals surface area contributed by atoms with Gasteiger partial charge in [-0.1, -0.05) is 6.92 Å². The highest BCUT2D eigenvalue weighted by Gasteiger charge is 2.50. The fourth-order valence-electron chi connectivity index (χ4n) is 3.43. The van der Waals surface area contributed by atoms with Crippen LogP contribution in [-0.4, -0.2) is 39.4 Å². The molecule has 21 heavy (non-hydrogen) atoms. The number of hydrogen-bond acceptors (Lipinski definition) is 3. The Labute approximate surface area is 127 Å². The molecule has 2 aliphatic rings. The highest BCUT2D eigenvalue weighted by Crippen LogP contribution is 2.42. The van der Waals surface area contributed by atoms with Crippen molar-refractivity contribution >= 4 is 6.09 Å². The van der Waals surface area contributed by atoms with Crippen LogP contribution in [0.3, 0.4) is 0 Å². The van der Waals surface area contributed by atoms with E-state index in [9.17, 15) is 9.90 Å². The van der Waals surface area contributed by atoms with Crippen LogP contribution >= 0.6 is 0 Å². The third-order valence-corrected chi connectivity index (χ3v) is 4.17. The number of carbonyl (C=O) groups is 1. The lowest BCUT2D eigenvalue weighted by molar-refractivity contribution is -0.0555. The van der Waals surface area contributed by atoms with Gasteiger partial charge in [-0.25, -0.2) is 4.79 Å². The van der Waals surface area contributed by atoms with Crippen molar-refractivity contribution < 1.29 is 14.6 Å². The first kappa shape index (κ1) is 16.2. The van der Waals surface area contributed by atoms with Crippen molar-refractivity contribution in [3.8, 4) is 11.8 Å². The van der Waals surface area contributed by atoms with Crippen molar-refractivity contribution in [3.05, 3.63) is 0 Å². The minimum Gasteiger partial charge on any atom is -0.444 e. The van der Waals surface area contributed by atoms with Crippen molar-refractivity contribution in [2.45, 2.75) is 89.5 Å². The Morgan fingerprint density at radius 2 is 1.86 bits per heavy atom. The van der Waals surface area contributed by atoms with Crippen LogP contribution in [0.15, 0.2) is 0 Å². The molecule has 4 nitrogen and oxygen atoms in total. The summed E-state index contributed by atoms with van der Waals surface area (Å²) in [5.74, 6) is 6.08. The molecular formula is C17H27NO3. The van der Waals surface area contributed by atoms with Gasteiger partial charge in [0.15, 0.2) is 0 Å². The fraction of sp³-hybridized carbons (Fsp3) is 0.824. The molecule has 2 fully saturated rings. The zero-order valence-corrected chi connectivity index (χ0v) is 13.6. The highest BCUT2D eigenvalue weighted by atomic mass is 16.6. The first-order valence-electron chi connectivity index (χ1n) is 7.93. The van der Waals surface area contributed by atoms with Gasteiger partial charge in [0, 0.05) is 24.9 Å². The lowest BCUT2D eigenvalue weighted by atomic mass is 9.84. The van der Waals surface area contributed by atoms with Gasteiger partial charge < -0.3 is 14.7 Å². The quantitative estimate of drug-likeness (QED) is 0.756. The Morgan fingerprint density at radius 1 is 1.29 bits per heavy atom. The number of nitrogens with zero attached hydrogens (tertiary/aromatic N) is 1. The molecule has 0 spiro atoms. The van der Waals surface area contributed by atoms with E-state index in [0.717, 1.165) is 19.3 Å². The molecule has 0 aliphatic carbocycles. The average molecular weight is 293 g/mol. The molecule has 1 amide bonds. The second kappa shape index (κ2) is 5.88. The molecule has 4 heteroatoms. The Bertz CT molecular complexity index is 441. The van der Waals surface area contributed by atoms with Gasteiger partial charge in [-0.3, -0.25) is 0 Å². The first-order valence-corrected chi connectivity index (χ1v) is 7.93. The van der Waals surface area contributed by atoms with Crippen LogP contribution in [0.5, 0.6) is 0 Å². The number of amides is 1. The van der Waals surface area contributed by atoms with Gasteiger partial charge >= 0.3 is 6.09 Å². The van der Waals surface area contributed by atoms with Crippen LogP contribution in [0.1, 0.15) is 66.2 Å². The van der Waals surface area contributed by atoms with E-state index >= 15 is 0 Å². The molecule has 0 aromatic carbocycles. The first-order chi connectivity index (χ1) is 9.74. The molecule has 2 rings (SSSR count). The van der Waals surface area contributed by atoms with Gasteiger partial charge in [-0.15, -0.1) is 11.8 Å². The summed E-state index contributed by atoms with van der Waals surface area (Å²) >= 11 is 0. The van der Waals surface area contributed by atoms with Gasteiger partial charge in [-0.2, -0.15) is 0 Å². The smallest absolute Gasteiger partial charge is 0.410 e. The lowest BCUT2D eigenvalue weighted by Crippen LogP contribution is -2.54. The number of carbonyl (C=O) groups excluding carboxylic acids is 1. The summed E-state index contributed by atoms with van der Waals surface area (Å²) in [4.78, 5) is 14.2. The maximum Gasteiger partial charge on any atom is 0.410 e. The predicted octanol–water partition coefficient (Wildman–Crippen LogP) is 3.08. The average Bonchev–Trinajstić information content (AvgIpc) is 2.61. The third-order valence-electron chi connectivity index (χ3n) is 4.17. The standard InChI is InChI=1S/C17H27NO3/c1-5-6-7-10-17(20)11-13-8-9-14(12-17)18(13)15(19)21-16(2,3)4/h13-14,20H,5,8-12H2,1-4H3. The Balaban J connectivity index is 2.03. The van der Waals surface area contributed by atoms with Gasteiger partial charge in [0.25, 0.3) is 0 Å². The van der Waals surface area contributed by atoms with Crippen LogP contribution in [0.2, 0.25) is 0 Å². The van der Waals surface area contributed by atoms with E-state index in [1.54, 1.807) is 0 Å². The summed E-state index contributed by atoms with van der Waals surface area (Å²) in [5.41, 5.74) is -1.22. The van der Waals surface area contributed by atoms with Gasteiger partial charge in [0.05, 0.1) is 5.60 Å². The molecule has 0 saturated carbocycles. The summed E-state index contributed by atoms with van der Waals surface area (Å²) in [5, 5.41) is 10.7. The zero-order valence-electron chi connectivity index (χ0n) is 13.6. The van der Waals surface area contributed by atoms with Gasteiger partial charge in [0.1, 0.15) is 5.60 Å². The van der Waals surface area contributed by atoms with E-state index in [-0.39, 0.29) is 18.2 Å². The maximum absolute atomic E-state index is 12.3. The van der Waals surface area contributed by atoms with Crippen molar-refractivity contribution in [2.75, 3.05) is 0 Å². The lowest BCUT2D eigenvalue weighted by Gasteiger charge is -2.43. The summed E-state index contributed by atoms with van der Waals surface area (Å²) < 4.78 is 5.50. The Kier molecular flexibility index (Phi) is 4.53. The van der Waals surface area contributed by atoms with Gasteiger partial charge in [0.2, 0.25) is 0 Å². The minimum absolute atomic E-state index is 0.0898. The second-order valence-corrected chi connectivity index (χ2v) is 7.29. The van der Waals surface area contributed by atoms with Crippen LogP contribution in [0, 0.1) is 11.8 Å². The van der Waals surface area contributed by atoms with Crippen LogP contribution in [0.25, 0.3) is 0 Å². The number of aliphatic hydroxyl groups is 1. The predicted molar refractivity (Wildman–Crippen MR) is 81.8 cm³/mol. The summed E-state index contributed by atoms with van der Waals surface area (Å²) in [6.45, 7) is 7.65. The SMILES string of the molecule is CCC#CCC1(O)CC2CCC(C1)N2C(=O)OC(C)(C)C. The minimum atomic E-state index is -0.744. The maximum atomic E-state index is 12.3. The Hall–Kier alpha value is -1.21. The van der Waals surface area contributed by atoms with Crippen LogP contribution in [-0.2, 0) is 4.74 Å². The highest BCUT2D eigenvalue weighted by molar-refractivity contribution is 5.69. The van der Waals surface area contributed by atoms with Crippen LogP contribution < -0.4 is 0 Å². The molecule has 0 aromatic heterocycles. The molecule has 2 saturated heterocycles. The molecule has 2 unspecified atom stereocenters. The number of ether oxygens (including phenoxy) is 1. The van der Waals surface area contributed by atoms with Crippen molar-refractivity contribution in [1.29, 1.82) is 0 Å². The van der Waals surface area contributed by atoms with E-state index in [2.05, 4.69) is 11.8 Å². The monoisotopic (exact) mass is 293 g/mol. The Morgan fingerprint density at radius 3 is 2.33 bits per heavy atom. The third kappa shape index (κ3) is 3.91. The molecule has 2 aliphatic heterocycles. The van der Waals surface area contributed by atoms with Crippen molar-refractivity contribution in [2.24, 2.45) is 0 Å². The molecule has 0 aromatic rings. The number of fused-ring (bicyclic) bond motifs is 2. The van der Waals surface area contributed by atoms with E-state index < -0.39 is 11.2 Å². The van der Waals surface area contributed by atoms with Gasteiger partial charge in [-0.05, 0) is 46.5 Å². The van der Waals surface area contributed by atoms with E-state index in [1.807, 2.05) is 32.6 Å². The topological polar surface area (TPSA) is 49.8 Å². The summed E-state index contributed by atoms with van der Waals surface area (Å²) in [6, 6.07) is 0.180. The van der Waals surface area contributed by atoms with Crippen molar-refractivity contribution in [3.63, 3.8) is 0 Å². The molecule has 1 N–H and O–H groups in total. The molecular weight excluding hydrogens is 266 g/mol. The van der Waals surface area contributed by atoms with E-state index in [4.69, 9.17) is 4.74 Å². The second-order valence-electron chi connectivity index (χ2n) is 7.29. The molecule has 2 heterocycles. The van der Waals surface area contributed by atoms with Crippen molar-refractivity contribution in [1.82, 2.24) is 4.90 Å². The number of hydrogen-bond donors (Lipinski definition) is 1. The fourth-order valence-corrected chi connectivity index (χ4v) is 3.43. The molecule has 118 valence electrons. The molecule has 2 bridgehead atoms. The zero-order chi connectivity index (χ0) is 15.7.